The number of halogens is 1. The lowest BCUT2D eigenvalue weighted by atomic mass is 10.1. The molecule has 0 saturated carbocycles. The molecule has 0 aliphatic carbocycles. The highest BCUT2D eigenvalue weighted by molar-refractivity contribution is 14.0. The van der Waals surface area contributed by atoms with E-state index in [2.05, 4.69) is 21.7 Å². The van der Waals surface area contributed by atoms with Crippen LogP contribution in [-0.4, -0.2) is 46.0 Å². The van der Waals surface area contributed by atoms with Gasteiger partial charge in [0.1, 0.15) is 23.4 Å². The summed E-state index contributed by atoms with van der Waals surface area (Å²) in [7, 11) is 6.49. The molecule has 0 spiro atoms. The van der Waals surface area contributed by atoms with Gasteiger partial charge in [0.15, 0.2) is 5.96 Å². The second-order valence-electron chi connectivity index (χ2n) is 6.52. The van der Waals surface area contributed by atoms with Crippen molar-refractivity contribution >= 4 is 51.4 Å². The number of fused-ring (bicyclic) bond motifs is 1. The number of hydrogen-bond donors (Lipinski definition) is 3. The van der Waals surface area contributed by atoms with Crippen LogP contribution < -0.4 is 24.8 Å². The van der Waals surface area contributed by atoms with Crippen molar-refractivity contribution in [2.24, 2.45) is 4.99 Å². The number of benzene rings is 2. The van der Waals surface area contributed by atoms with E-state index in [1.807, 2.05) is 24.3 Å². The quantitative estimate of drug-likeness (QED) is 0.221. The number of ether oxygens (including phenoxy) is 3. The van der Waals surface area contributed by atoms with Crippen molar-refractivity contribution in [3.63, 3.8) is 0 Å². The Morgan fingerprint density at radius 1 is 1.03 bits per heavy atom. The predicted molar refractivity (Wildman–Crippen MR) is 136 cm³/mol. The number of guanidine groups is 1. The van der Waals surface area contributed by atoms with Gasteiger partial charge >= 0.3 is 0 Å². The largest absolute Gasteiger partial charge is 0.496 e. The van der Waals surface area contributed by atoms with Crippen LogP contribution in [0.25, 0.3) is 10.1 Å². The fourth-order valence-corrected chi connectivity index (χ4v) is 4.16. The Kier molecular flexibility index (Phi) is 9.66. The molecule has 0 aliphatic rings. The zero-order chi connectivity index (χ0) is 21.5. The highest BCUT2D eigenvalue weighted by atomic mass is 127. The fraction of sp³-hybridized carbons (Fsp3) is 0.318. The molecule has 1 heterocycles. The first-order valence-electron chi connectivity index (χ1n) is 9.49. The summed E-state index contributed by atoms with van der Waals surface area (Å²) in [6, 6.07) is 13.7. The topological polar surface area (TPSA) is 84.3 Å². The Hall–Kier alpha value is -2.24. The van der Waals surface area contributed by atoms with Crippen molar-refractivity contribution in [1.29, 1.82) is 0 Å². The van der Waals surface area contributed by atoms with Crippen LogP contribution in [0, 0.1) is 0 Å². The molecule has 0 bridgehead atoms. The number of aliphatic hydroxyl groups excluding tert-OH is 1. The third-order valence-corrected chi connectivity index (χ3v) is 5.93. The summed E-state index contributed by atoms with van der Waals surface area (Å²) in [5, 5.41) is 18.1. The van der Waals surface area contributed by atoms with E-state index in [1.54, 1.807) is 51.8 Å². The lowest BCUT2D eigenvalue weighted by Crippen LogP contribution is -2.39. The first-order chi connectivity index (χ1) is 14.6. The zero-order valence-electron chi connectivity index (χ0n) is 18.0. The second-order valence-corrected chi connectivity index (χ2v) is 7.63. The van der Waals surface area contributed by atoms with Crippen LogP contribution >= 0.6 is 35.3 Å². The van der Waals surface area contributed by atoms with Gasteiger partial charge in [-0.05, 0) is 17.5 Å². The summed E-state index contributed by atoms with van der Waals surface area (Å²) in [6.45, 7) is 0.762. The van der Waals surface area contributed by atoms with Gasteiger partial charge in [-0.3, -0.25) is 4.99 Å². The zero-order valence-corrected chi connectivity index (χ0v) is 21.1. The minimum atomic E-state index is -0.633. The molecule has 3 rings (SSSR count). The molecular formula is C22H28IN3O4S. The van der Waals surface area contributed by atoms with Crippen molar-refractivity contribution in [2.75, 3.05) is 34.9 Å². The molecule has 1 aromatic heterocycles. The van der Waals surface area contributed by atoms with Crippen molar-refractivity contribution in [1.82, 2.24) is 10.6 Å². The summed E-state index contributed by atoms with van der Waals surface area (Å²) >= 11 is 1.59. The van der Waals surface area contributed by atoms with Crippen LogP contribution in [-0.2, 0) is 6.54 Å². The Labute approximate surface area is 203 Å². The minimum absolute atomic E-state index is 0. The van der Waals surface area contributed by atoms with Gasteiger partial charge in [-0.1, -0.05) is 18.2 Å². The molecule has 31 heavy (non-hydrogen) atoms. The standard InChI is InChI=1S/C22H27N3O4S.HI/c1-23-22(24-12-16-18(28-3)10-15(27-2)11-19(16)29-4)25-13-17(26)21-9-14-7-5-6-8-20(14)30-21;/h5-11,17,26H,12-13H2,1-4H3,(H2,23,24,25);1H. The number of methoxy groups -OCH3 is 3. The lowest BCUT2D eigenvalue weighted by Gasteiger charge is -2.18. The molecule has 1 atom stereocenters. The molecule has 9 heteroatoms. The maximum absolute atomic E-state index is 10.6. The molecule has 3 N–H and O–H groups in total. The molecule has 0 fully saturated rings. The van der Waals surface area contributed by atoms with E-state index >= 15 is 0 Å². The molecular weight excluding hydrogens is 529 g/mol. The average Bonchev–Trinajstić information content (AvgIpc) is 3.23. The Bertz CT molecular complexity index is 967. The fourth-order valence-electron chi connectivity index (χ4n) is 3.11. The van der Waals surface area contributed by atoms with E-state index in [4.69, 9.17) is 14.2 Å². The monoisotopic (exact) mass is 557 g/mol. The molecule has 2 aromatic carbocycles. The maximum Gasteiger partial charge on any atom is 0.191 e. The van der Waals surface area contributed by atoms with Gasteiger partial charge in [-0.2, -0.15) is 0 Å². The summed E-state index contributed by atoms with van der Waals surface area (Å²) in [5.41, 5.74) is 0.841. The summed E-state index contributed by atoms with van der Waals surface area (Å²) in [5.74, 6) is 2.52. The Morgan fingerprint density at radius 2 is 1.71 bits per heavy atom. The third kappa shape index (κ3) is 6.14. The van der Waals surface area contributed by atoms with E-state index in [0.29, 0.717) is 36.3 Å². The smallest absolute Gasteiger partial charge is 0.191 e. The molecule has 168 valence electrons. The van der Waals surface area contributed by atoms with E-state index in [0.717, 1.165) is 20.5 Å². The molecule has 0 aliphatic heterocycles. The van der Waals surface area contributed by atoms with Gasteiger partial charge in [-0.15, -0.1) is 35.3 Å². The predicted octanol–water partition coefficient (Wildman–Crippen LogP) is 3.94. The second kappa shape index (κ2) is 12.0. The van der Waals surface area contributed by atoms with Gasteiger partial charge in [-0.25, -0.2) is 0 Å². The van der Waals surface area contributed by atoms with Crippen LogP contribution in [0.1, 0.15) is 16.5 Å². The van der Waals surface area contributed by atoms with Crippen LogP contribution in [0.3, 0.4) is 0 Å². The van der Waals surface area contributed by atoms with Gasteiger partial charge in [0.05, 0.1) is 33.4 Å². The summed E-state index contributed by atoms with van der Waals surface area (Å²) in [4.78, 5) is 5.15. The Balaban J connectivity index is 0.00000341. The Morgan fingerprint density at radius 3 is 2.29 bits per heavy atom. The first kappa shape index (κ1) is 25.0. The highest BCUT2D eigenvalue weighted by Gasteiger charge is 2.15. The summed E-state index contributed by atoms with van der Waals surface area (Å²) < 4.78 is 17.4. The SMILES string of the molecule is CN=C(NCc1c(OC)cc(OC)cc1OC)NCC(O)c1cc2ccccc2s1.I. The number of thiophene rings is 1. The molecule has 0 radical (unpaired) electrons. The highest BCUT2D eigenvalue weighted by Crippen LogP contribution is 2.34. The molecule has 3 aromatic rings. The van der Waals surface area contributed by atoms with E-state index in [-0.39, 0.29) is 24.0 Å². The number of hydrogen-bond acceptors (Lipinski definition) is 6. The van der Waals surface area contributed by atoms with Gasteiger partial charge in [0.25, 0.3) is 0 Å². The van der Waals surface area contributed by atoms with Crippen LogP contribution in [0.2, 0.25) is 0 Å². The van der Waals surface area contributed by atoms with Crippen LogP contribution in [0.4, 0.5) is 0 Å². The summed E-state index contributed by atoms with van der Waals surface area (Å²) in [6.07, 6.45) is -0.633. The average molecular weight is 557 g/mol. The number of rotatable bonds is 8. The number of aliphatic hydroxyl groups is 1. The molecule has 1 unspecified atom stereocenters. The van der Waals surface area contributed by atoms with Gasteiger partial charge < -0.3 is 30.0 Å². The lowest BCUT2D eigenvalue weighted by molar-refractivity contribution is 0.184. The molecule has 0 amide bonds. The third-order valence-electron chi connectivity index (χ3n) is 4.71. The van der Waals surface area contributed by atoms with Gasteiger partial charge in [0.2, 0.25) is 0 Å². The maximum atomic E-state index is 10.6. The molecule has 0 saturated heterocycles. The van der Waals surface area contributed by atoms with E-state index in [1.165, 1.54) is 0 Å². The van der Waals surface area contributed by atoms with Crippen molar-refractivity contribution < 1.29 is 19.3 Å². The number of aliphatic imine (C=N–C) groups is 1. The van der Waals surface area contributed by atoms with Crippen LogP contribution in [0.15, 0.2) is 47.5 Å². The number of nitrogens with one attached hydrogen (secondary N) is 2. The van der Waals surface area contributed by atoms with Gasteiger partial charge in [0, 0.05) is 35.3 Å². The van der Waals surface area contributed by atoms with Crippen molar-refractivity contribution in [2.45, 2.75) is 12.6 Å². The normalized spacial score (nSPS) is 12.1. The van der Waals surface area contributed by atoms with Crippen LogP contribution in [0.5, 0.6) is 17.2 Å². The van der Waals surface area contributed by atoms with E-state index in [9.17, 15) is 5.11 Å². The van der Waals surface area contributed by atoms with E-state index < -0.39 is 6.10 Å². The molecule has 7 nitrogen and oxygen atoms in total. The first-order valence-corrected chi connectivity index (χ1v) is 10.3. The van der Waals surface area contributed by atoms with Crippen molar-refractivity contribution in [3.05, 3.63) is 52.9 Å². The number of nitrogens with zero attached hydrogens (tertiary/aromatic N) is 1. The van der Waals surface area contributed by atoms with Crippen molar-refractivity contribution in [3.8, 4) is 17.2 Å². The minimum Gasteiger partial charge on any atom is -0.496 e.